The van der Waals surface area contributed by atoms with Crippen LogP contribution in [0.15, 0.2) is 23.8 Å². The van der Waals surface area contributed by atoms with Crippen LogP contribution in [-0.4, -0.2) is 16.1 Å². The quantitative estimate of drug-likeness (QED) is 0.771. The van der Waals surface area contributed by atoms with Gasteiger partial charge < -0.3 is 15.6 Å². The number of hydrogen-bond acceptors (Lipinski definition) is 4. The Morgan fingerprint density at radius 1 is 1.56 bits per heavy atom. The molecule has 2 rings (SSSR count). The summed E-state index contributed by atoms with van der Waals surface area (Å²) in [5.74, 6) is 1.10. The van der Waals surface area contributed by atoms with Crippen molar-refractivity contribution in [3.8, 4) is 0 Å². The lowest BCUT2D eigenvalue weighted by Gasteiger charge is -2.04. The third kappa shape index (κ3) is 2.62. The van der Waals surface area contributed by atoms with Gasteiger partial charge in [-0.3, -0.25) is 0 Å². The van der Waals surface area contributed by atoms with Gasteiger partial charge in [0.1, 0.15) is 5.82 Å². The van der Waals surface area contributed by atoms with Crippen molar-refractivity contribution in [2.45, 2.75) is 13.0 Å². The summed E-state index contributed by atoms with van der Waals surface area (Å²) in [5, 5.41) is 5.39. The van der Waals surface area contributed by atoms with E-state index >= 15 is 0 Å². The predicted molar refractivity (Wildman–Crippen MR) is 67.4 cm³/mol. The topological polar surface area (TPSA) is 55.9 Å². The van der Waals surface area contributed by atoms with Gasteiger partial charge in [-0.25, -0.2) is 4.98 Å². The van der Waals surface area contributed by atoms with E-state index in [1.54, 1.807) is 11.3 Å². The summed E-state index contributed by atoms with van der Waals surface area (Å²) in [6.07, 6.45) is 4.73. The number of rotatable bonds is 5. The second-order valence-corrected chi connectivity index (χ2v) is 4.68. The molecule has 2 heterocycles. The zero-order valence-corrected chi connectivity index (χ0v) is 10.1. The molecule has 0 aromatic carbocycles. The van der Waals surface area contributed by atoms with Gasteiger partial charge in [-0.1, -0.05) is 0 Å². The fourth-order valence-electron chi connectivity index (χ4n) is 1.53. The number of aryl methyl sites for hydroxylation is 1. The average molecular weight is 236 g/mol. The number of anilines is 1. The van der Waals surface area contributed by atoms with Crippen LogP contribution in [0.1, 0.15) is 10.7 Å². The largest absolute Gasteiger partial charge is 0.398 e. The second kappa shape index (κ2) is 5.14. The molecule has 0 unspecified atom stereocenters. The van der Waals surface area contributed by atoms with E-state index in [2.05, 4.69) is 10.3 Å². The lowest BCUT2D eigenvalue weighted by molar-refractivity contribution is 0.660. The van der Waals surface area contributed by atoms with E-state index < -0.39 is 0 Å². The van der Waals surface area contributed by atoms with E-state index in [0.29, 0.717) is 0 Å². The van der Waals surface area contributed by atoms with E-state index in [0.717, 1.165) is 31.0 Å². The van der Waals surface area contributed by atoms with Crippen molar-refractivity contribution >= 4 is 17.0 Å². The van der Waals surface area contributed by atoms with Crippen LogP contribution in [0.25, 0.3) is 0 Å². The van der Waals surface area contributed by atoms with Crippen molar-refractivity contribution in [3.63, 3.8) is 0 Å². The molecule has 0 spiro atoms. The Bertz CT molecular complexity index is 404. The Morgan fingerprint density at radius 3 is 3.06 bits per heavy atom. The molecule has 0 atom stereocenters. The van der Waals surface area contributed by atoms with Crippen molar-refractivity contribution in [1.29, 1.82) is 0 Å². The summed E-state index contributed by atoms with van der Waals surface area (Å²) in [7, 11) is 2.01. The third-order valence-electron chi connectivity index (χ3n) is 2.51. The Kier molecular flexibility index (Phi) is 3.58. The smallest absolute Gasteiger partial charge is 0.109 e. The summed E-state index contributed by atoms with van der Waals surface area (Å²) in [5.41, 5.74) is 6.68. The molecule has 0 aliphatic heterocycles. The molecule has 0 saturated heterocycles. The average Bonchev–Trinajstić information content (AvgIpc) is 2.84. The van der Waals surface area contributed by atoms with Crippen molar-refractivity contribution < 1.29 is 0 Å². The van der Waals surface area contributed by atoms with Crippen LogP contribution in [0.5, 0.6) is 0 Å². The molecular formula is C11H16N4S. The molecule has 3 N–H and O–H groups in total. The summed E-state index contributed by atoms with van der Waals surface area (Å²) in [4.78, 5) is 5.48. The first-order valence-electron chi connectivity index (χ1n) is 5.26. The molecule has 0 aliphatic rings. The number of nitrogens with two attached hydrogens (primary N) is 1. The van der Waals surface area contributed by atoms with Crippen LogP contribution in [-0.2, 0) is 20.0 Å². The molecule has 2 aromatic rings. The van der Waals surface area contributed by atoms with Gasteiger partial charge in [0.25, 0.3) is 0 Å². The summed E-state index contributed by atoms with van der Waals surface area (Å²) in [6, 6.07) is 1.94. The normalized spacial score (nSPS) is 10.8. The van der Waals surface area contributed by atoms with Gasteiger partial charge in [0.15, 0.2) is 0 Å². The zero-order chi connectivity index (χ0) is 11.4. The zero-order valence-electron chi connectivity index (χ0n) is 9.31. The fourth-order valence-corrected chi connectivity index (χ4v) is 2.30. The monoisotopic (exact) mass is 236 g/mol. The summed E-state index contributed by atoms with van der Waals surface area (Å²) in [6.45, 7) is 1.76. The minimum absolute atomic E-state index is 0.841. The number of nitrogens with one attached hydrogen (secondary N) is 1. The second-order valence-electron chi connectivity index (χ2n) is 3.68. The molecule has 5 heteroatoms. The van der Waals surface area contributed by atoms with Gasteiger partial charge in [-0.15, -0.1) is 11.3 Å². The highest BCUT2D eigenvalue weighted by Crippen LogP contribution is 2.17. The minimum atomic E-state index is 0.841. The highest BCUT2D eigenvalue weighted by Gasteiger charge is 2.01. The van der Waals surface area contributed by atoms with Gasteiger partial charge in [0.2, 0.25) is 0 Å². The van der Waals surface area contributed by atoms with E-state index in [9.17, 15) is 0 Å². The molecule has 86 valence electrons. The molecule has 0 bridgehead atoms. The Labute approximate surface area is 99.1 Å². The molecule has 16 heavy (non-hydrogen) atoms. The van der Waals surface area contributed by atoms with E-state index in [1.807, 2.05) is 35.5 Å². The maximum absolute atomic E-state index is 5.80. The van der Waals surface area contributed by atoms with Crippen LogP contribution in [0, 0.1) is 0 Å². The standard InChI is InChI=1S/C11H16N4S/c1-15-6-5-14-11(15)2-4-13-8-10-9(12)3-7-16-10/h3,5-7,13H,2,4,8,12H2,1H3. The maximum Gasteiger partial charge on any atom is 0.109 e. The van der Waals surface area contributed by atoms with Gasteiger partial charge in [0.05, 0.1) is 0 Å². The van der Waals surface area contributed by atoms with Gasteiger partial charge in [-0.2, -0.15) is 0 Å². The third-order valence-corrected chi connectivity index (χ3v) is 3.45. The predicted octanol–water partition coefficient (Wildman–Crippen LogP) is 1.40. The van der Waals surface area contributed by atoms with Crippen LogP contribution in [0.2, 0.25) is 0 Å². The number of nitrogen functional groups attached to an aromatic ring is 1. The molecule has 0 amide bonds. The van der Waals surface area contributed by atoms with E-state index in [-0.39, 0.29) is 0 Å². The van der Waals surface area contributed by atoms with Crippen LogP contribution >= 0.6 is 11.3 Å². The van der Waals surface area contributed by atoms with Crippen LogP contribution in [0.4, 0.5) is 5.69 Å². The molecule has 2 aromatic heterocycles. The van der Waals surface area contributed by atoms with Crippen molar-refractivity contribution in [1.82, 2.24) is 14.9 Å². The summed E-state index contributed by atoms with van der Waals surface area (Å²) >= 11 is 1.69. The highest BCUT2D eigenvalue weighted by molar-refractivity contribution is 7.10. The number of nitrogens with zero attached hydrogens (tertiary/aromatic N) is 2. The Morgan fingerprint density at radius 2 is 2.44 bits per heavy atom. The fraction of sp³-hybridized carbons (Fsp3) is 0.364. The van der Waals surface area contributed by atoms with Crippen LogP contribution < -0.4 is 11.1 Å². The van der Waals surface area contributed by atoms with E-state index in [1.165, 1.54) is 4.88 Å². The maximum atomic E-state index is 5.80. The van der Waals surface area contributed by atoms with Crippen LogP contribution in [0.3, 0.4) is 0 Å². The lowest BCUT2D eigenvalue weighted by Crippen LogP contribution is -2.18. The minimum Gasteiger partial charge on any atom is -0.398 e. The molecule has 0 fully saturated rings. The van der Waals surface area contributed by atoms with Crippen molar-refractivity contribution in [2.24, 2.45) is 7.05 Å². The number of hydrogen-bond donors (Lipinski definition) is 2. The molecule has 4 nitrogen and oxygen atoms in total. The van der Waals surface area contributed by atoms with Crippen molar-refractivity contribution in [2.75, 3.05) is 12.3 Å². The van der Waals surface area contributed by atoms with Gasteiger partial charge in [0, 0.05) is 49.5 Å². The SMILES string of the molecule is Cn1ccnc1CCNCc1sccc1N. The molecule has 0 aliphatic carbocycles. The lowest BCUT2D eigenvalue weighted by atomic mass is 10.3. The number of thiophene rings is 1. The summed E-state index contributed by atoms with van der Waals surface area (Å²) < 4.78 is 2.04. The first-order valence-corrected chi connectivity index (χ1v) is 6.14. The molecule has 0 radical (unpaired) electrons. The number of imidazole rings is 1. The molecule has 0 saturated carbocycles. The highest BCUT2D eigenvalue weighted by atomic mass is 32.1. The van der Waals surface area contributed by atoms with Gasteiger partial charge in [-0.05, 0) is 11.4 Å². The Balaban J connectivity index is 1.74. The first kappa shape index (κ1) is 11.2. The van der Waals surface area contributed by atoms with Crippen molar-refractivity contribution in [3.05, 3.63) is 34.5 Å². The van der Waals surface area contributed by atoms with Gasteiger partial charge >= 0.3 is 0 Å². The molecular weight excluding hydrogens is 220 g/mol. The number of aromatic nitrogens is 2. The first-order chi connectivity index (χ1) is 7.77. The Hall–Kier alpha value is -1.33. The van der Waals surface area contributed by atoms with E-state index in [4.69, 9.17) is 5.73 Å².